The number of nitrogens with one attached hydrogen (secondary N) is 2. The summed E-state index contributed by atoms with van der Waals surface area (Å²) in [5.41, 5.74) is 22.2. The largest absolute Gasteiger partial charge is 0.523 e. The van der Waals surface area contributed by atoms with E-state index in [1.807, 2.05) is 76.2 Å². The quantitative estimate of drug-likeness (QED) is 0.0492. The second-order valence-electron chi connectivity index (χ2n) is 22.3. The molecular weight excluding hydrogens is 1010 g/mol. The summed E-state index contributed by atoms with van der Waals surface area (Å²) in [5, 5.41) is 0. The Hall–Kier alpha value is -6.37. The fourth-order valence-electron chi connectivity index (χ4n) is 11.4. The molecule has 78 heavy (non-hydrogen) atoms. The Kier molecular flexibility index (Phi) is 17.2. The minimum atomic E-state index is -3.38. The maximum atomic E-state index is 14.0. The average Bonchev–Trinajstić information content (AvgIpc) is 4.33. The van der Waals surface area contributed by atoms with Crippen LogP contribution in [0.2, 0.25) is 0 Å². The maximum Gasteiger partial charge on any atom is 0.523 e. The Morgan fingerprint density at radius 3 is 1.50 bits per heavy atom. The highest BCUT2D eigenvalue weighted by Gasteiger charge is 2.60. The van der Waals surface area contributed by atoms with Gasteiger partial charge in [0.1, 0.15) is 12.1 Å². The zero-order valence-corrected chi connectivity index (χ0v) is 47.9. The SMILES string of the molecule is CCOP(=O)(Cc1ccc(-n2c(-c3ccc(-c4cnc([C@@H]5CCC[N+]5(C(=O)OC)C(=O)[C@@H](N)C(C)C)[nH]4)cc3)cc(C(C)(C)C)c2-c2ccc(-c3cnc([C@@H]4CCC[N+]4(C(=O)OC)C(=O)[C@@H](N)C(C)C)[nH]3)cc2)cc1)OCC. The molecule has 8 rings (SSSR count). The highest BCUT2D eigenvalue weighted by Crippen LogP contribution is 2.52. The Labute approximate surface area is 457 Å². The first-order chi connectivity index (χ1) is 37.1. The fraction of sp³-hybridized carbons (Fsp3) is 0.458. The highest BCUT2D eigenvalue weighted by atomic mass is 31.2. The number of hydrogen-bond donors (Lipinski definition) is 4. The van der Waals surface area contributed by atoms with E-state index < -0.39 is 52.9 Å². The molecule has 0 saturated carbocycles. The van der Waals surface area contributed by atoms with Crippen molar-refractivity contribution in [1.82, 2.24) is 24.5 Å². The molecule has 0 bridgehead atoms. The first kappa shape index (κ1) is 57.8. The molecule has 6 N–H and O–H groups in total. The van der Waals surface area contributed by atoms with Crippen LogP contribution in [0, 0.1) is 11.8 Å². The van der Waals surface area contributed by atoms with Crippen LogP contribution in [0.5, 0.6) is 0 Å². The number of ether oxygens (including phenoxy) is 2. The van der Waals surface area contributed by atoms with Crippen LogP contribution in [-0.2, 0) is 44.3 Å². The van der Waals surface area contributed by atoms with Crippen molar-refractivity contribution in [1.29, 1.82) is 0 Å². The van der Waals surface area contributed by atoms with Crippen molar-refractivity contribution >= 4 is 31.6 Å². The lowest BCUT2D eigenvalue weighted by Gasteiger charge is -2.34. The molecule has 0 radical (unpaired) electrons. The normalized spacial score (nSPS) is 20.6. The lowest BCUT2D eigenvalue weighted by molar-refractivity contribution is -0.802. The van der Waals surface area contributed by atoms with E-state index in [1.165, 1.54) is 14.2 Å². The van der Waals surface area contributed by atoms with Crippen LogP contribution in [0.15, 0.2) is 91.3 Å². The summed E-state index contributed by atoms with van der Waals surface area (Å²) in [5.74, 6) is -0.0717. The number of quaternary nitrogens is 2. The van der Waals surface area contributed by atoms with Crippen molar-refractivity contribution in [2.75, 3.05) is 40.5 Å². The summed E-state index contributed by atoms with van der Waals surface area (Å²) in [4.78, 5) is 71.6. The van der Waals surface area contributed by atoms with E-state index in [-0.39, 0.29) is 61.5 Å². The molecule has 2 aliphatic heterocycles. The van der Waals surface area contributed by atoms with Crippen LogP contribution in [0.4, 0.5) is 9.59 Å². The Bertz CT molecular complexity index is 3160. The molecule has 0 aliphatic carbocycles. The number of methoxy groups -OCH3 is 2. The average molecular weight is 1090 g/mol. The molecule has 2 fully saturated rings. The van der Waals surface area contributed by atoms with E-state index in [9.17, 15) is 23.7 Å². The van der Waals surface area contributed by atoms with E-state index in [2.05, 4.69) is 65.6 Å². The van der Waals surface area contributed by atoms with Crippen LogP contribution in [0.25, 0.3) is 50.7 Å². The molecule has 3 aromatic heterocycles. The topological polar surface area (TPSA) is 237 Å². The number of carbonyl (C=O) groups excluding carboxylic acids is 4. The van der Waals surface area contributed by atoms with Crippen molar-refractivity contribution in [3.63, 3.8) is 0 Å². The molecule has 4 amide bonds. The van der Waals surface area contributed by atoms with Gasteiger partial charge >= 0.3 is 31.6 Å². The minimum Gasteiger partial charge on any atom is -0.423 e. The van der Waals surface area contributed by atoms with Gasteiger partial charge in [-0.1, -0.05) is 109 Å². The molecule has 0 spiro atoms. The number of aromatic amines is 2. The number of imidazole rings is 2. The number of amides is 4. The Morgan fingerprint density at radius 1 is 0.679 bits per heavy atom. The number of aromatic nitrogens is 5. The zero-order valence-electron chi connectivity index (χ0n) is 47.0. The third-order valence-corrected chi connectivity index (χ3v) is 17.7. The van der Waals surface area contributed by atoms with Crippen LogP contribution in [0.3, 0.4) is 0 Å². The molecule has 5 heterocycles. The molecular formula is C59H78N9O9P+2. The number of benzene rings is 3. The van der Waals surface area contributed by atoms with Crippen molar-refractivity contribution < 1.29 is 51.2 Å². The monoisotopic (exact) mass is 1090 g/mol. The summed E-state index contributed by atoms with van der Waals surface area (Å²) in [6.45, 7) is 18.7. The van der Waals surface area contributed by atoms with Crippen LogP contribution < -0.4 is 11.5 Å². The third-order valence-electron chi connectivity index (χ3n) is 15.6. The Morgan fingerprint density at radius 2 is 1.10 bits per heavy atom. The van der Waals surface area contributed by atoms with Gasteiger partial charge < -0.3 is 44.5 Å². The van der Waals surface area contributed by atoms with Gasteiger partial charge in [0, 0.05) is 31.4 Å². The highest BCUT2D eigenvalue weighted by molar-refractivity contribution is 7.53. The van der Waals surface area contributed by atoms with E-state index in [4.69, 9.17) is 40.0 Å². The van der Waals surface area contributed by atoms with Crippen LogP contribution in [0.1, 0.15) is 123 Å². The van der Waals surface area contributed by atoms with Crippen molar-refractivity contribution in [3.05, 3.63) is 114 Å². The summed E-state index contributed by atoms with van der Waals surface area (Å²) >= 11 is 0. The van der Waals surface area contributed by atoms with Crippen molar-refractivity contribution in [2.45, 2.75) is 124 Å². The van der Waals surface area contributed by atoms with Gasteiger partial charge in [-0.2, -0.15) is 9.59 Å². The summed E-state index contributed by atoms with van der Waals surface area (Å²) in [7, 11) is -0.788. The molecule has 416 valence electrons. The standard InChI is InChI=1S/C59H78N9O9P/c1-12-76-78(73,77-13-2)35-38-18-28-43(29-19-38)66-47(41-24-20-39(21-25-41)45-33-62-53(64-45)48-16-14-30-67(48,57(71)74-10)55(69)50(60)36(3)4)32-44(59(7,8)9)52(66)42-26-22-40(23-27-42)46-34-63-54(65-46)49-17-15-31-68(49,58(72)75-11)56(70)51(61)37(5)6/h18-29,32-34,36-37,48-51H,12-17,30-31,35,60-61H2,1-11H3,(H,62,64)(H,63,65)/q+2/t48-,49-,50-,51-,67?,68?/m0/s1. The Balaban J connectivity index is 1.18. The van der Waals surface area contributed by atoms with Crippen molar-refractivity contribution in [2.24, 2.45) is 23.3 Å². The molecule has 6 aromatic rings. The zero-order chi connectivity index (χ0) is 56.5. The molecule has 3 aromatic carbocycles. The van der Waals surface area contributed by atoms with E-state index in [1.54, 1.807) is 26.2 Å². The van der Waals surface area contributed by atoms with E-state index >= 15 is 0 Å². The van der Waals surface area contributed by atoms with E-state index in [0.717, 1.165) is 61.8 Å². The van der Waals surface area contributed by atoms with Gasteiger partial charge in [0.15, 0.2) is 23.7 Å². The predicted molar refractivity (Wildman–Crippen MR) is 300 cm³/mol. The fourth-order valence-corrected chi connectivity index (χ4v) is 13.1. The number of rotatable bonds is 17. The van der Waals surface area contributed by atoms with Crippen LogP contribution in [-0.4, -0.2) is 110 Å². The lowest BCUT2D eigenvalue weighted by atomic mass is 9.85. The summed E-state index contributed by atoms with van der Waals surface area (Å²) < 4.78 is 36.7. The molecule has 2 aliphatic rings. The molecule has 2 unspecified atom stereocenters. The number of nitrogens with two attached hydrogens (primary N) is 2. The number of carbonyl (C=O) groups is 4. The number of nitrogens with zero attached hydrogens (tertiary/aromatic N) is 5. The summed E-state index contributed by atoms with van der Waals surface area (Å²) in [6, 6.07) is 23.8. The summed E-state index contributed by atoms with van der Waals surface area (Å²) in [6.07, 6.45) is 4.66. The first-order valence-electron chi connectivity index (χ1n) is 27.2. The molecule has 18 nitrogen and oxygen atoms in total. The van der Waals surface area contributed by atoms with Gasteiger partial charge in [-0.05, 0) is 82.7 Å². The molecule has 2 saturated heterocycles. The maximum absolute atomic E-state index is 14.0. The minimum absolute atomic E-state index is 0.123. The van der Waals surface area contributed by atoms with E-state index in [0.29, 0.717) is 37.3 Å². The van der Waals surface area contributed by atoms with Crippen LogP contribution >= 0.6 is 7.60 Å². The smallest absolute Gasteiger partial charge is 0.423 e. The second kappa shape index (κ2) is 23.1. The van der Waals surface area contributed by atoms with Gasteiger partial charge in [0.05, 0.1) is 81.9 Å². The van der Waals surface area contributed by atoms with Gasteiger partial charge in [-0.15, -0.1) is 8.97 Å². The third kappa shape index (κ3) is 10.8. The number of hydrogen-bond acceptors (Lipinski definition) is 13. The first-order valence-corrected chi connectivity index (χ1v) is 28.9. The van der Waals surface area contributed by atoms with Gasteiger partial charge in [0.2, 0.25) is 0 Å². The van der Waals surface area contributed by atoms with Gasteiger partial charge in [0.25, 0.3) is 0 Å². The predicted octanol–water partition coefficient (Wildman–Crippen LogP) is 11.5. The van der Waals surface area contributed by atoms with Crippen molar-refractivity contribution in [3.8, 4) is 50.7 Å². The number of imide groups is 2. The molecule has 6 atom stereocenters. The lowest BCUT2D eigenvalue weighted by Crippen LogP contribution is -2.62. The van der Waals surface area contributed by atoms with Gasteiger partial charge in [-0.25, -0.2) is 19.6 Å². The molecule has 19 heteroatoms. The number of H-pyrrole nitrogens is 2. The second-order valence-corrected chi connectivity index (χ2v) is 24.4. The number of likely N-dealkylation sites (tertiary alicyclic amines) is 2. The van der Waals surface area contributed by atoms with Gasteiger partial charge in [-0.3, -0.25) is 4.57 Å².